The predicted molar refractivity (Wildman–Crippen MR) is 73.7 cm³/mol. The van der Waals surface area contributed by atoms with Gasteiger partial charge in [-0.05, 0) is 18.2 Å². The molecule has 2 aromatic rings. The van der Waals surface area contributed by atoms with E-state index in [-0.39, 0.29) is 5.91 Å². The van der Waals surface area contributed by atoms with Gasteiger partial charge in [-0.3, -0.25) is 9.78 Å². The van der Waals surface area contributed by atoms with Crippen LogP contribution in [0.4, 0.5) is 5.69 Å². The molecule has 0 aliphatic heterocycles. The van der Waals surface area contributed by atoms with Crippen molar-refractivity contribution < 1.29 is 4.79 Å². The number of anilines is 1. The fourth-order valence-corrected chi connectivity index (χ4v) is 1.93. The molecule has 0 saturated heterocycles. The monoisotopic (exact) mass is 261 g/mol. The molecule has 0 aliphatic carbocycles. The van der Waals surface area contributed by atoms with Gasteiger partial charge >= 0.3 is 0 Å². The number of carbonyl (C=O) groups excluding carboxylic acids is 1. The first-order valence-corrected chi connectivity index (χ1v) is 5.74. The van der Waals surface area contributed by atoms with E-state index in [1.165, 1.54) is 0 Å². The number of pyridine rings is 1. The molecule has 4 nitrogen and oxygen atoms in total. The Balaban J connectivity index is 2.57. The fraction of sp³-hybridized carbons (Fsp3) is 0.0769. The van der Waals surface area contributed by atoms with Gasteiger partial charge in [0.2, 0.25) is 0 Å². The molecule has 0 bridgehead atoms. The number of benzene rings is 1. The molecule has 92 valence electrons. The van der Waals surface area contributed by atoms with Crippen LogP contribution >= 0.6 is 11.6 Å². The van der Waals surface area contributed by atoms with Crippen molar-refractivity contribution in [2.45, 2.75) is 0 Å². The summed E-state index contributed by atoms with van der Waals surface area (Å²) in [7, 11) is 0. The summed E-state index contributed by atoms with van der Waals surface area (Å²) >= 11 is 5.95. The lowest BCUT2D eigenvalue weighted by molar-refractivity contribution is 0.0955. The molecule has 1 aromatic carbocycles. The third-order valence-electron chi connectivity index (χ3n) is 2.50. The Morgan fingerprint density at radius 1 is 1.50 bits per heavy atom. The highest BCUT2D eigenvalue weighted by Crippen LogP contribution is 2.27. The van der Waals surface area contributed by atoms with Gasteiger partial charge in [0.1, 0.15) is 5.69 Å². The Morgan fingerprint density at radius 3 is 3.00 bits per heavy atom. The first-order valence-electron chi connectivity index (χ1n) is 5.36. The minimum absolute atomic E-state index is 0.276. The summed E-state index contributed by atoms with van der Waals surface area (Å²) in [6.07, 6.45) is 3.15. The number of nitrogens with one attached hydrogen (secondary N) is 1. The van der Waals surface area contributed by atoms with Crippen LogP contribution in [-0.2, 0) is 0 Å². The van der Waals surface area contributed by atoms with Crippen LogP contribution in [0.3, 0.4) is 0 Å². The second-order valence-electron chi connectivity index (χ2n) is 3.75. The minimum atomic E-state index is -0.276. The van der Waals surface area contributed by atoms with Crippen molar-refractivity contribution in [1.29, 1.82) is 0 Å². The van der Waals surface area contributed by atoms with E-state index in [1.807, 2.05) is 0 Å². The van der Waals surface area contributed by atoms with Gasteiger partial charge in [0, 0.05) is 34.2 Å². The van der Waals surface area contributed by atoms with Crippen LogP contribution in [0.2, 0.25) is 5.02 Å². The van der Waals surface area contributed by atoms with E-state index in [2.05, 4.69) is 16.9 Å². The predicted octanol–water partition coefficient (Wildman–Crippen LogP) is 2.39. The molecule has 2 rings (SSSR count). The lowest BCUT2D eigenvalue weighted by Gasteiger charge is -2.08. The maximum atomic E-state index is 11.9. The molecule has 1 heterocycles. The van der Waals surface area contributed by atoms with Crippen LogP contribution in [-0.4, -0.2) is 17.4 Å². The number of hydrogen-bond donors (Lipinski definition) is 2. The normalized spacial score (nSPS) is 10.3. The van der Waals surface area contributed by atoms with Gasteiger partial charge in [-0.15, -0.1) is 6.58 Å². The van der Waals surface area contributed by atoms with Crippen molar-refractivity contribution in [1.82, 2.24) is 10.3 Å². The topological polar surface area (TPSA) is 68.0 Å². The molecule has 0 atom stereocenters. The molecule has 0 spiro atoms. The van der Waals surface area contributed by atoms with Crippen molar-refractivity contribution in [3.63, 3.8) is 0 Å². The van der Waals surface area contributed by atoms with Crippen LogP contribution in [0.1, 0.15) is 10.5 Å². The van der Waals surface area contributed by atoms with Gasteiger partial charge in [0.25, 0.3) is 5.91 Å². The van der Waals surface area contributed by atoms with Gasteiger partial charge in [0.15, 0.2) is 0 Å². The zero-order chi connectivity index (χ0) is 13.1. The van der Waals surface area contributed by atoms with Gasteiger partial charge in [-0.2, -0.15) is 0 Å². The van der Waals surface area contributed by atoms with Crippen LogP contribution in [0.25, 0.3) is 10.8 Å². The first-order chi connectivity index (χ1) is 8.63. The molecule has 0 fully saturated rings. The number of nitrogens with two attached hydrogens (primary N) is 1. The third kappa shape index (κ3) is 2.28. The number of hydrogen-bond acceptors (Lipinski definition) is 3. The van der Waals surface area contributed by atoms with Crippen molar-refractivity contribution >= 4 is 34.0 Å². The Hall–Kier alpha value is -2.07. The largest absolute Gasteiger partial charge is 0.398 e. The Bertz CT molecular complexity index is 625. The first kappa shape index (κ1) is 12.4. The number of nitrogens with zero attached hydrogens (tertiary/aromatic N) is 1. The van der Waals surface area contributed by atoms with Crippen LogP contribution in [0, 0.1) is 0 Å². The summed E-state index contributed by atoms with van der Waals surface area (Å²) in [6.45, 7) is 3.92. The minimum Gasteiger partial charge on any atom is -0.398 e. The number of carbonyl (C=O) groups is 1. The van der Waals surface area contributed by atoms with E-state index >= 15 is 0 Å². The average Bonchev–Trinajstić information content (AvgIpc) is 2.35. The summed E-state index contributed by atoms with van der Waals surface area (Å²) in [5, 5.41) is 4.56. The molecule has 18 heavy (non-hydrogen) atoms. The number of aromatic nitrogens is 1. The van der Waals surface area contributed by atoms with E-state index in [0.29, 0.717) is 28.3 Å². The highest BCUT2D eigenvalue weighted by molar-refractivity contribution is 6.32. The van der Waals surface area contributed by atoms with Gasteiger partial charge in [-0.25, -0.2) is 0 Å². The zero-order valence-corrected chi connectivity index (χ0v) is 10.4. The SMILES string of the molecule is C=CCNC(=O)c1nccc2c(N)cc(Cl)cc12. The second-order valence-corrected chi connectivity index (χ2v) is 4.18. The van der Waals surface area contributed by atoms with E-state index < -0.39 is 0 Å². The van der Waals surface area contributed by atoms with E-state index in [9.17, 15) is 4.79 Å². The second kappa shape index (κ2) is 5.06. The van der Waals surface area contributed by atoms with Crippen molar-refractivity contribution in [3.8, 4) is 0 Å². The lowest BCUT2D eigenvalue weighted by atomic mass is 10.1. The number of halogens is 1. The molecule has 5 heteroatoms. The number of fused-ring (bicyclic) bond motifs is 1. The quantitative estimate of drug-likeness (QED) is 0.658. The molecule has 1 amide bonds. The van der Waals surface area contributed by atoms with Crippen molar-refractivity contribution in [2.24, 2.45) is 0 Å². The zero-order valence-electron chi connectivity index (χ0n) is 9.61. The van der Waals surface area contributed by atoms with Gasteiger partial charge in [-0.1, -0.05) is 17.7 Å². The number of rotatable bonds is 3. The molecular formula is C13H12ClN3O. The molecule has 3 N–H and O–H groups in total. The third-order valence-corrected chi connectivity index (χ3v) is 2.72. The summed E-state index contributed by atoms with van der Waals surface area (Å²) in [4.78, 5) is 16.0. The highest BCUT2D eigenvalue weighted by Gasteiger charge is 2.12. The average molecular weight is 262 g/mol. The van der Waals surface area contributed by atoms with Gasteiger partial charge in [0.05, 0.1) is 0 Å². The Morgan fingerprint density at radius 2 is 2.28 bits per heavy atom. The van der Waals surface area contributed by atoms with Crippen LogP contribution in [0.5, 0.6) is 0 Å². The Labute approximate surface area is 109 Å². The van der Waals surface area contributed by atoms with Crippen LogP contribution in [0.15, 0.2) is 37.1 Å². The summed E-state index contributed by atoms with van der Waals surface area (Å²) in [5.41, 5.74) is 6.70. The summed E-state index contributed by atoms with van der Waals surface area (Å²) in [5.74, 6) is -0.276. The molecule has 0 aliphatic rings. The molecule has 0 radical (unpaired) electrons. The summed E-state index contributed by atoms with van der Waals surface area (Å²) in [6, 6.07) is 5.09. The van der Waals surface area contributed by atoms with E-state index in [0.717, 1.165) is 5.39 Å². The standard InChI is InChI=1S/C13H12ClN3O/c1-2-4-17-13(18)12-10-6-8(14)7-11(15)9(10)3-5-16-12/h2-3,5-7H,1,4,15H2,(H,17,18). The number of nitrogen functional groups attached to an aromatic ring is 1. The van der Waals surface area contributed by atoms with E-state index in [4.69, 9.17) is 17.3 Å². The Kier molecular flexibility index (Phi) is 3.48. The lowest BCUT2D eigenvalue weighted by Crippen LogP contribution is -2.24. The number of amides is 1. The van der Waals surface area contributed by atoms with Crippen molar-refractivity contribution in [2.75, 3.05) is 12.3 Å². The molecule has 0 unspecified atom stereocenters. The molecule has 0 saturated carbocycles. The maximum absolute atomic E-state index is 11.9. The fourth-order valence-electron chi connectivity index (χ4n) is 1.71. The van der Waals surface area contributed by atoms with Gasteiger partial charge < -0.3 is 11.1 Å². The van der Waals surface area contributed by atoms with E-state index in [1.54, 1.807) is 30.5 Å². The molecule has 1 aromatic heterocycles. The molecular weight excluding hydrogens is 250 g/mol. The maximum Gasteiger partial charge on any atom is 0.270 e. The highest BCUT2D eigenvalue weighted by atomic mass is 35.5. The van der Waals surface area contributed by atoms with Crippen molar-refractivity contribution in [3.05, 3.63) is 47.8 Å². The smallest absolute Gasteiger partial charge is 0.270 e. The van der Waals surface area contributed by atoms with Crippen LogP contribution < -0.4 is 11.1 Å². The summed E-state index contributed by atoms with van der Waals surface area (Å²) < 4.78 is 0.